The van der Waals surface area contributed by atoms with Crippen LogP contribution in [0.2, 0.25) is 0 Å². The molecular weight excluding hydrogens is 274 g/mol. The van der Waals surface area contributed by atoms with Crippen molar-refractivity contribution in [2.75, 3.05) is 12.4 Å². The van der Waals surface area contributed by atoms with Gasteiger partial charge in [-0.1, -0.05) is 37.3 Å². The predicted octanol–water partition coefficient (Wildman–Crippen LogP) is 3.93. The molecule has 0 heterocycles. The van der Waals surface area contributed by atoms with Crippen LogP contribution in [0.3, 0.4) is 0 Å². The van der Waals surface area contributed by atoms with E-state index in [0.29, 0.717) is 0 Å². The third-order valence-corrected chi connectivity index (χ3v) is 4.43. The summed E-state index contributed by atoms with van der Waals surface area (Å²) in [5.41, 5.74) is 2.67. The topological polar surface area (TPSA) is 38.3 Å². The maximum Gasteiger partial charge on any atom is 0.235 e. The van der Waals surface area contributed by atoms with Crippen molar-refractivity contribution >= 4 is 11.6 Å². The largest absolute Gasteiger partial charge is 0.496 e. The van der Waals surface area contributed by atoms with Gasteiger partial charge in [-0.3, -0.25) is 4.79 Å². The summed E-state index contributed by atoms with van der Waals surface area (Å²) in [4.78, 5) is 12.8. The van der Waals surface area contributed by atoms with Crippen molar-refractivity contribution in [3.05, 3.63) is 59.7 Å². The van der Waals surface area contributed by atoms with Crippen LogP contribution in [0, 0.1) is 0 Å². The Labute approximate surface area is 131 Å². The van der Waals surface area contributed by atoms with E-state index in [1.165, 1.54) is 5.56 Å². The summed E-state index contributed by atoms with van der Waals surface area (Å²) in [6.45, 7) is 2.12. The van der Waals surface area contributed by atoms with Gasteiger partial charge < -0.3 is 10.1 Å². The van der Waals surface area contributed by atoms with Crippen LogP contribution in [0.1, 0.15) is 30.9 Å². The van der Waals surface area contributed by atoms with E-state index in [2.05, 4.69) is 24.4 Å². The highest BCUT2D eigenvalue weighted by Gasteiger charge is 2.52. The quantitative estimate of drug-likeness (QED) is 0.907. The standard InChI is InChI=1S/C19H21NO2/c1-3-14-8-10-15(11-9-14)20-18(21)19(12-13-19)16-6-4-5-7-17(16)22-2/h4-11H,3,12-13H2,1-2H3,(H,20,21). The molecule has 114 valence electrons. The van der Waals surface area contributed by atoms with E-state index in [9.17, 15) is 4.79 Å². The van der Waals surface area contributed by atoms with Crippen LogP contribution < -0.4 is 10.1 Å². The molecule has 1 N–H and O–H groups in total. The molecule has 0 radical (unpaired) electrons. The zero-order valence-electron chi connectivity index (χ0n) is 13.1. The number of amides is 1. The number of ether oxygens (including phenoxy) is 1. The fourth-order valence-electron chi connectivity index (χ4n) is 2.86. The molecule has 0 aliphatic heterocycles. The number of para-hydroxylation sites is 1. The Bertz CT molecular complexity index is 672. The van der Waals surface area contributed by atoms with Gasteiger partial charge in [-0.25, -0.2) is 0 Å². The lowest BCUT2D eigenvalue weighted by Crippen LogP contribution is -2.28. The van der Waals surface area contributed by atoms with Crippen molar-refractivity contribution in [1.29, 1.82) is 0 Å². The van der Waals surface area contributed by atoms with Gasteiger partial charge in [0.2, 0.25) is 5.91 Å². The molecule has 3 heteroatoms. The van der Waals surface area contributed by atoms with E-state index in [0.717, 1.165) is 36.3 Å². The molecule has 2 aromatic rings. The number of carbonyl (C=O) groups is 1. The van der Waals surface area contributed by atoms with Gasteiger partial charge in [0.05, 0.1) is 12.5 Å². The SMILES string of the molecule is CCc1ccc(NC(=O)C2(c3ccccc3OC)CC2)cc1. The van der Waals surface area contributed by atoms with Crippen molar-refractivity contribution in [3.63, 3.8) is 0 Å². The van der Waals surface area contributed by atoms with Crippen molar-refractivity contribution < 1.29 is 9.53 Å². The van der Waals surface area contributed by atoms with Crippen LogP contribution in [0.15, 0.2) is 48.5 Å². The second-order valence-corrected chi connectivity index (χ2v) is 5.79. The molecule has 1 aliphatic carbocycles. The fraction of sp³-hybridized carbons (Fsp3) is 0.316. The molecule has 0 bridgehead atoms. The molecular formula is C19H21NO2. The summed E-state index contributed by atoms with van der Waals surface area (Å²) < 4.78 is 5.42. The maximum absolute atomic E-state index is 12.8. The van der Waals surface area contributed by atoms with Gasteiger partial charge in [0.25, 0.3) is 0 Å². The van der Waals surface area contributed by atoms with Crippen LogP contribution in [0.25, 0.3) is 0 Å². The Hall–Kier alpha value is -2.29. The molecule has 1 saturated carbocycles. The molecule has 0 saturated heterocycles. The summed E-state index contributed by atoms with van der Waals surface area (Å²) in [7, 11) is 1.65. The molecule has 3 rings (SSSR count). The van der Waals surface area contributed by atoms with Gasteiger partial charge in [0.1, 0.15) is 5.75 Å². The van der Waals surface area contributed by atoms with Crippen molar-refractivity contribution in [2.45, 2.75) is 31.6 Å². The number of hydrogen-bond acceptors (Lipinski definition) is 2. The van der Waals surface area contributed by atoms with Crippen LogP contribution in [0.4, 0.5) is 5.69 Å². The van der Waals surface area contributed by atoms with Crippen molar-refractivity contribution in [3.8, 4) is 5.75 Å². The molecule has 0 aromatic heterocycles. The summed E-state index contributed by atoms with van der Waals surface area (Å²) >= 11 is 0. The summed E-state index contributed by atoms with van der Waals surface area (Å²) in [6.07, 6.45) is 2.73. The lowest BCUT2D eigenvalue weighted by molar-refractivity contribution is -0.118. The molecule has 0 atom stereocenters. The van der Waals surface area contributed by atoms with E-state index in [-0.39, 0.29) is 5.91 Å². The Kier molecular flexibility index (Phi) is 3.88. The van der Waals surface area contributed by atoms with E-state index in [1.807, 2.05) is 36.4 Å². The second kappa shape index (κ2) is 5.84. The molecule has 0 unspecified atom stereocenters. The lowest BCUT2D eigenvalue weighted by atomic mass is 9.94. The highest BCUT2D eigenvalue weighted by Crippen LogP contribution is 2.51. The number of aryl methyl sites for hydroxylation is 1. The number of hydrogen-bond donors (Lipinski definition) is 1. The first kappa shape index (κ1) is 14.6. The van der Waals surface area contributed by atoms with Gasteiger partial charge in [0.15, 0.2) is 0 Å². The Balaban J connectivity index is 1.81. The first-order valence-corrected chi connectivity index (χ1v) is 7.73. The van der Waals surface area contributed by atoms with Crippen LogP contribution in [-0.4, -0.2) is 13.0 Å². The minimum Gasteiger partial charge on any atom is -0.496 e. The molecule has 22 heavy (non-hydrogen) atoms. The van der Waals surface area contributed by atoms with Crippen LogP contribution in [0.5, 0.6) is 5.75 Å². The predicted molar refractivity (Wildman–Crippen MR) is 88.4 cm³/mol. The third kappa shape index (κ3) is 2.59. The van der Waals surface area contributed by atoms with E-state index in [1.54, 1.807) is 7.11 Å². The highest BCUT2D eigenvalue weighted by atomic mass is 16.5. The Morgan fingerprint density at radius 2 is 1.82 bits per heavy atom. The molecule has 2 aromatic carbocycles. The summed E-state index contributed by atoms with van der Waals surface area (Å²) in [5.74, 6) is 0.845. The number of nitrogens with one attached hydrogen (secondary N) is 1. The van der Waals surface area contributed by atoms with Gasteiger partial charge in [-0.2, -0.15) is 0 Å². The number of carbonyl (C=O) groups excluding carboxylic acids is 1. The lowest BCUT2D eigenvalue weighted by Gasteiger charge is -2.18. The van der Waals surface area contributed by atoms with Crippen LogP contribution >= 0.6 is 0 Å². The zero-order chi connectivity index (χ0) is 15.6. The van der Waals surface area contributed by atoms with Gasteiger partial charge >= 0.3 is 0 Å². The third-order valence-electron chi connectivity index (χ3n) is 4.43. The zero-order valence-corrected chi connectivity index (χ0v) is 13.1. The van der Waals surface area contributed by atoms with Gasteiger partial charge in [-0.15, -0.1) is 0 Å². The fourth-order valence-corrected chi connectivity index (χ4v) is 2.86. The minimum absolute atomic E-state index is 0.0567. The molecule has 3 nitrogen and oxygen atoms in total. The summed E-state index contributed by atoms with van der Waals surface area (Å²) in [6, 6.07) is 15.8. The number of benzene rings is 2. The maximum atomic E-state index is 12.8. The molecule has 0 spiro atoms. The number of anilines is 1. The second-order valence-electron chi connectivity index (χ2n) is 5.79. The number of rotatable bonds is 5. The van der Waals surface area contributed by atoms with Gasteiger partial charge in [-0.05, 0) is 43.0 Å². The van der Waals surface area contributed by atoms with Crippen molar-refractivity contribution in [1.82, 2.24) is 0 Å². The normalized spacial score (nSPS) is 15.2. The smallest absolute Gasteiger partial charge is 0.235 e. The molecule has 1 amide bonds. The average Bonchev–Trinajstić information content (AvgIpc) is 3.37. The first-order valence-electron chi connectivity index (χ1n) is 7.73. The van der Waals surface area contributed by atoms with E-state index >= 15 is 0 Å². The first-order chi connectivity index (χ1) is 10.7. The van der Waals surface area contributed by atoms with E-state index < -0.39 is 5.41 Å². The van der Waals surface area contributed by atoms with Gasteiger partial charge in [0, 0.05) is 11.3 Å². The number of methoxy groups -OCH3 is 1. The monoisotopic (exact) mass is 295 g/mol. The minimum atomic E-state index is -0.434. The highest BCUT2D eigenvalue weighted by molar-refractivity contribution is 6.01. The van der Waals surface area contributed by atoms with E-state index in [4.69, 9.17) is 4.74 Å². The van der Waals surface area contributed by atoms with Crippen molar-refractivity contribution in [2.24, 2.45) is 0 Å². The Morgan fingerprint density at radius 3 is 2.41 bits per heavy atom. The summed E-state index contributed by atoms with van der Waals surface area (Å²) in [5, 5.41) is 3.05. The Morgan fingerprint density at radius 1 is 1.14 bits per heavy atom. The van der Waals surface area contributed by atoms with Crippen LogP contribution in [-0.2, 0) is 16.6 Å². The average molecular weight is 295 g/mol. The molecule has 1 aliphatic rings. The molecule has 1 fully saturated rings.